The van der Waals surface area contributed by atoms with Crippen LogP contribution in [0.15, 0.2) is 96.6 Å². The van der Waals surface area contributed by atoms with E-state index in [9.17, 15) is 14.7 Å². The van der Waals surface area contributed by atoms with Crippen LogP contribution in [-0.4, -0.2) is 30.1 Å². The lowest BCUT2D eigenvalue weighted by Crippen LogP contribution is -2.34. The summed E-state index contributed by atoms with van der Waals surface area (Å²) in [6.07, 6.45) is 2.80. The van der Waals surface area contributed by atoms with Crippen molar-refractivity contribution in [3.05, 3.63) is 130 Å². The van der Waals surface area contributed by atoms with Gasteiger partial charge in [0, 0.05) is 18.0 Å². The third-order valence-electron chi connectivity index (χ3n) is 9.55. The van der Waals surface area contributed by atoms with Crippen LogP contribution >= 0.6 is 0 Å². The van der Waals surface area contributed by atoms with Crippen molar-refractivity contribution < 1.29 is 19.4 Å². The van der Waals surface area contributed by atoms with E-state index in [1.165, 1.54) is 33.4 Å². The van der Waals surface area contributed by atoms with Crippen molar-refractivity contribution in [1.29, 1.82) is 0 Å². The first-order valence-electron chi connectivity index (χ1n) is 15.5. The Kier molecular flexibility index (Phi) is 8.38. The molecule has 0 bridgehead atoms. The molecule has 1 aliphatic heterocycles. The fraction of sp³-hybridized carbons (Fsp3) is 0.282. The Bertz CT molecular complexity index is 1740. The van der Waals surface area contributed by atoms with Crippen molar-refractivity contribution in [1.82, 2.24) is 5.32 Å². The average Bonchev–Trinajstić information content (AvgIpc) is 3.13. The molecule has 4 aromatic carbocycles. The van der Waals surface area contributed by atoms with Crippen LogP contribution in [0.4, 0.5) is 0 Å². The Hall–Kier alpha value is -4.64. The van der Waals surface area contributed by atoms with Gasteiger partial charge in [-0.3, -0.25) is 4.79 Å². The summed E-state index contributed by atoms with van der Waals surface area (Å²) in [6, 6.07) is 29.8. The zero-order chi connectivity index (χ0) is 30.8. The SMILES string of the molecule is CC1=C(C)c2cc(C(=O)NCC3COc4ccccc4C3)ccc2C(C)C(Cc2ccc(-c3ccccc3C(=O)O)cc2)C1. The number of fused-ring (bicyclic) bond motifs is 2. The van der Waals surface area contributed by atoms with E-state index in [4.69, 9.17) is 4.74 Å². The summed E-state index contributed by atoms with van der Waals surface area (Å²) in [7, 11) is 0. The van der Waals surface area contributed by atoms with Gasteiger partial charge in [-0.25, -0.2) is 4.79 Å². The third-order valence-corrected chi connectivity index (χ3v) is 9.55. The number of allylic oxidation sites excluding steroid dienone is 2. The van der Waals surface area contributed by atoms with E-state index in [2.05, 4.69) is 56.4 Å². The number of rotatable bonds is 7. The smallest absolute Gasteiger partial charge is 0.336 e. The van der Waals surface area contributed by atoms with E-state index in [1.807, 2.05) is 48.5 Å². The fourth-order valence-electron chi connectivity index (χ4n) is 6.78. The Labute approximate surface area is 259 Å². The van der Waals surface area contributed by atoms with Crippen LogP contribution in [-0.2, 0) is 12.8 Å². The minimum atomic E-state index is -0.918. The van der Waals surface area contributed by atoms with Crippen molar-refractivity contribution in [2.75, 3.05) is 13.2 Å². The molecule has 6 rings (SSSR count). The highest BCUT2D eigenvalue weighted by Gasteiger charge is 2.28. The van der Waals surface area contributed by atoms with Crippen LogP contribution in [0.3, 0.4) is 0 Å². The summed E-state index contributed by atoms with van der Waals surface area (Å²) in [5, 5.41) is 12.8. The molecule has 5 nitrogen and oxygen atoms in total. The number of hydrogen-bond acceptors (Lipinski definition) is 3. The molecule has 0 spiro atoms. The maximum Gasteiger partial charge on any atom is 0.336 e. The molecule has 1 aliphatic carbocycles. The standard InChI is InChI=1S/C39H39NO4/c1-24-18-32(19-27-12-14-29(15-13-27)34-9-5-6-10-35(34)39(42)43)26(3)33-17-16-31(21-36(33)25(24)2)38(41)40-22-28-20-30-8-4-7-11-37(30)44-23-28/h4-17,21,26,28,32H,18-20,22-23H2,1-3H3,(H,40,41)(H,42,43). The predicted molar refractivity (Wildman–Crippen MR) is 175 cm³/mol. The summed E-state index contributed by atoms with van der Waals surface area (Å²) in [6.45, 7) is 7.88. The Morgan fingerprint density at radius 3 is 2.43 bits per heavy atom. The first-order chi connectivity index (χ1) is 21.3. The number of amides is 1. The number of para-hydroxylation sites is 1. The number of hydrogen-bond donors (Lipinski definition) is 2. The molecule has 2 N–H and O–H groups in total. The maximum atomic E-state index is 13.3. The quantitative estimate of drug-likeness (QED) is 0.229. The van der Waals surface area contributed by atoms with Crippen LogP contribution in [0.2, 0.25) is 0 Å². The van der Waals surface area contributed by atoms with E-state index in [0.29, 0.717) is 36.1 Å². The number of benzene rings is 4. The molecule has 3 unspecified atom stereocenters. The van der Waals surface area contributed by atoms with Gasteiger partial charge in [-0.15, -0.1) is 0 Å². The second-order valence-electron chi connectivity index (χ2n) is 12.4. The Morgan fingerprint density at radius 2 is 1.64 bits per heavy atom. The molecule has 0 aromatic heterocycles. The van der Waals surface area contributed by atoms with Crippen molar-refractivity contribution in [2.24, 2.45) is 11.8 Å². The highest BCUT2D eigenvalue weighted by atomic mass is 16.5. The number of nitrogens with one attached hydrogen (secondary N) is 1. The summed E-state index contributed by atoms with van der Waals surface area (Å²) in [4.78, 5) is 25.0. The average molecular weight is 586 g/mol. The molecule has 0 radical (unpaired) electrons. The molecule has 1 heterocycles. The largest absolute Gasteiger partial charge is 0.493 e. The van der Waals surface area contributed by atoms with Crippen molar-refractivity contribution in [3.63, 3.8) is 0 Å². The van der Waals surface area contributed by atoms with Crippen LogP contribution in [0.25, 0.3) is 16.7 Å². The topological polar surface area (TPSA) is 75.6 Å². The van der Waals surface area contributed by atoms with E-state index in [-0.39, 0.29) is 11.8 Å². The second kappa shape index (κ2) is 12.5. The molecular formula is C39H39NO4. The predicted octanol–water partition coefficient (Wildman–Crippen LogP) is 8.19. The molecule has 0 saturated carbocycles. The lowest BCUT2D eigenvalue weighted by molar-refractivity contribution is 0.0697. The molecule has 0 saturated heterocycles. The molecule has 44 heavy (non-hydrogen) atoms. The normalized spacial score (nSPS) is 19.3. The van der Waals surface area contributed by atoms with E-state index < -0.39 is 5.97 Å². The van der Waals surface area contributed by atoms with Gasteiger partial charge in [-0.2, -0.15) is 0 Å². The van der Waals surface area contributed by atoms with E-state index >= 15 is 0 Å². The van der Waals surface area contributed by atoms with Gasteiger partial charge in [0.15, 0.2) is 0 Å². The highest BCUT2D eigenvalue weighted by Crippen LogP contribution is 2.41. The first-order valence-corrected chi connectivity index (χ1v) is 15.5. The number of carboxylic acids is 1. The molecule has 1 amide bonds. The number of ether oxygens (including phenoxy) is 1. The van der Waals surface area contributed by atoms with Gasteiger partial charge < -0.3 is 15.2 Å². The fourth-order valence-corrected chi connectivity index (χ4v) is 6.78. The number of carbonyl (C=O) groups excluding carboxylic acids is 1. The van der Waals surface area contributed by atoms with Crippen molar-refractivity contribution in [3.8, 4) is 16.9 Å². The molecule has 3 atom stereocenters. The monoisotopic (exact) mass is 585 g/mol. The van der Waals surface area contributed by atoms with Crippen LogP contribution in [0, 0.1) is 11.8 Å². The lowest BCUT2D eigenvalue weighted by atomic mass is 9.80. The van der Waals surface area contributed by atoms with Gasteiger partial charge in [0.1, 0.15) is 5.75 Å². The molecule has 2 aliphatic rings. The number of aromatic carboxylic acids is 1. The highest BCUT2D eigenvalue weighted by molar-refractivity contribution is 5.96. The summed E-state index contributed by atoms with van der Waals surface area (Å²) in [5.41, 5.74) is 10.1. The minimum absolute atomic E-state index is 0.0462. The van der Waals surface area contributed by atoms with E-state index in [0.717, 1.165) is 36.1 Å². The molecule has 5 heteroatoms. The van der Waals surface area contributed by atoms with Gasteiger partial charge in [0.25, 0.3) is 5.91 Å². The lowest BCUT2D eigenvalue weighted by Gasteiger charge is -2.25. The van der Waals surface area contributed by atoms with Crippen molar-refractivity contribution in [2.45, 2.75) is 46.0 Å². The number of carboxylic acid groups (broad SMARTS) is 1. The second-order valence-corrected chi connectivity index (χ2v) is 12.4. The molecular weight excluding hydrogens is 546 g/mol. The molecule has 4 aromatic rings. The number of carbonyl (C=O) groups is 2. The summed E-state index contributed by atoms with van der Waals surface area (Å²) >= 11 is 0. The van der Waals surface area contributed by atoms with Crippen LogP contribution < -0.4 is 10.1 Å². The van der Waals surface area contributed by atoms with Gasteiger partial charge in [0.05, 0.1) is 12.2 Å². The summed E-state index contributed by atoms with van der Waals surface area (Å²) < 4.78 is 5.91. The zero-order valence-electron chi connectivity index (χ0n) is 25.6. The zero-order valence-corrected chi connectivity index (χ0v) is 25.6. The van der Waals surface area contributed by atoms with Gasteiger partial charge in [0.2, 0.25) is 0 Å². The first kappa shape index (κ1) is 29.4. The van der Waals surface area contributed by atoms with Gasteiger partial charge in [-0.05, 0) is 108 Å². The van der Waals surface area contributed by atoms with Gasteiger partial charge in [-0.1, -0.05) is 79.2 Å². The van der Waals surface area contributed by atoms with Crippen molar-refractivity contribution >= 4 is 17.4 Å². The third kappa shape index (κ3) is 6.05. The summed E-state index contributed by atoms with van der Waals surface area (Å²) in [5.74, 6) is 0.942. The molecule has 224 valence electrons. The Morgan fingerprint density at radius 1 is 0.886 bits per heavy atom. The van der Waals surface area contributed by atoms with Crippen LogP contribution in [0.1, 0.15) is 76.1 Å². The van der Waals surface area contributed by atoms with Crippen LogP contribution in [0.5, 0.6) is 5.75 Å². The Balaban J connectivity index is 1.16. The maximum absolute atomic E-state index is 13.3. The molecule has 0 fully saturated rings. The minimum Gasteiger partial charge on any atom is -0.493 e. The van der Waals surface area contributed by atoms with Gasteiger partial charge >= 0.3 is 5.97 Å². The van der Waals surface area contributed by atoms with E-state index in [1.54, 1.807) is 12.1 Å².